The van der Waals surface area contributed by atoms with Crippen molar-refractivity contribution in [1.82, 2.24) is 4.90 Å². The van der Waals surface area contributed by atoms with Gasteiger partial charge in [0.1, 0.15) is 0 Å². The third-order valence-electron chi connectivity index (χ3n) is 3.61. The normalized spacial score (nSPS) is 10.3. The first-order valence-corrected chi connectivity index (χ1v) is 7.76. The van der Waals surface area contributed by atoms with Gasteiger partial charge in [0.05, 0.1) is 11.6 Å². The van der Waals surface area contributed by atoms with Crippen LogP contribution in [-0.2, 0) is 11.3 Å². The fourth-order valence-electron chi connectivity index (χ4n) is 2.24. The summed E-state index contributed by atoms with van der Waals surface area (Å²) in [5.41, 5.74) is 3.77. The molecule has 24 heavy (non-hydrogen) atoms. The summed E-state index contributed by atoms with van der Waals surface area (Å²) in [5, 5.41) is 8.84. The second-order valence-electron chi connectivity index (χ2n) is 5.56. The summed E-state index contributed by atoms with van der Waals surface area (Å²) < 4.78 is 0. The average Bonchev–Trinajstić information content (AvgIpc) is 2.61. The summed E-state index contributed by atoms with van der Waals surface area (Å²) in [6, 6.07) is 17.3. The van der Waals surface area contributed by atoms with Gasteiger partial charge in [0.25, 0.3) is 0 Å². The first-order valence-electron chi connectivity index (χ1n) is 7.76. The number of carbonyl (C=O) groups excluding carboxylic acids is 1. The summed E-state index contributed by atoms with van der Waals surface area (Å²) >= 11 is 0. The molecule has 0 N–H and O–H groups in total. The van der Waals surface area contributed by atoms with Gasteiger partial charge in [0, 0.05) is 19.2 Å². The van der Waals surface area contributed by atoms with Gasteiger partial charge in [0.2, 0.25) is 5.91 Å². The van der Waals surface area contributed by atoms with Crippen molar-refractivity contribution in [1.29, 1.82) is 5.26 Å². The number of benzene rings is 2. The van der Waals surface area contributed by atoms with E-state index in [1.807, 2.05) is 49.4 Å². The first-order chi connectivity index (χ1) is 11.6. The van der Waals surface area contributed by atoms with Crippen LogP contribution in [0.25, 0.3) is 6.08 Å². The summed E-state index contributed by atoms with van der Waals surface area (Å²) in [5.74, 6) is -0.0696. The minimum absolute atomic E-state index is 0.0696. The molecule has 2 aromatic carbocycles. The maximum Gasteiger partial charge on any atom is 0.247 e. The van der Waals surface area contributed by atoms with E-state index >= 15 is 0 Å². The molecule has 0 saturated carbocycles. The van der Waals surface area contributed by atoms with Crippen LogP contribution >= 0.6 is 0 Å². The second-order valence-corrected chi connectivity index (χ2v) is 5.56. The number of nitrogens with zero attached hydrogens (tertiary/aromatic N) is 2. The molecule has 0 aliphatic carbocycles. The molecule has 0 spiro atoms. The minimum atomic E-state index is -0.0696. The lowest BCUT2D eigenvalue weighted by atomic mass is 10.1. The number of hydrogen-bond acceptors (Lipinski definition) is 2. The lowest BCUT2D eigenvalue weighted by Gasteiger charge is -2.19. The number of nitriles is 1. The SMILES string of the molecule is C=CCN(Cc1ccc(C#N)cc1)C(=O)/C=C/c1ccc(C)cc1. The van der Waals surface area contributed by atoms with Gasteiger partial charge in [-0.3, -0.25) is 4.79 Å². The van der Waals surface area contributed by atoms with Gasteiger partial charge in [-0.1, -0.05) is 48.0 Å². The van der Waals surface area contributed by atoms with Crippen molar-refractivity contribution in [3.05, 3.63) is 89.5 Å². The molecule has 3 heteroatoms. The molecule has 0 atom stereocenters. The van der Waals surface area contributed by atoms with Crippen LogP contribution in [0.3, 0.4) is 0 Å². The molecule has 0 bridgehead atoms. The number of rotatable bonds is 6. The fourth-order valence-corrected chi connectivity index (χ4v) is 2.24. The predicted octanol–water partition coefficient (Wildman–Crippen LogP) is 4.09. The van der Waals surface area contributed by atoms with E-state index in [0.29, 0.717) is 18.7 Å². The van der Waals surface area contributed by atoms with E-state index in [9.17, 15) is 4.79 Å². The first kappa shape index (κ1) is 17.2. The Hall–Kier alpha value is -3.12. The molecule has 0 saturated heterocycles. The smallest absolute Gasteiger partial charge is 0.247 e. The highest BCUT2D eigenvalue weighted by Crippen LogP contribution is 2.10. The Morgan fingerprint density at radius 3 is 2.42 bits per heavy atom. The van der Waals surface area contributed by atoms with Crippen LogP contribution in [0.1, 0.15) is 22.3 Å². The van der Waals surface area contributed by atoms with Gasteiger partial charge < -0.3 is 4.90 Å². The molecule has 2 aromatic rings. The molecule has 0 unspecified atom stereocenters. The molecular weight excluding hydrogens is 296 g/mol. The Bertz CT molecular complexity index is 765. The van der Waals surface area contributed by atoms with Crippen LogP contribution in [0.4, 0.5) is 0 Å². The molecule has 120 valence electrons. The van der Waals surface area contributed by atoms with Crippen molar-refractivity contribution in [3.63, 3.8) is 0 Å². The highest BCUT2D eigenvalue weighted by molar-refractivity contribution is 5.91. The van der Waals surface area contributed by atoms with Crippen molar-refractivity contribution in [3.8, 4) is 6.07 Å². The van der Waals surface area contributed by atoms with E-state index in [-0.39, 0.29) is 5.91 Å². The molecule has 1 amide bonds. The third kappa shape index (κ3) is 4.96. The van der Waals surface area contributed by atoms with E-state index in [0.717, 1.165) is 11.1 Å². The van der Waals surface area contributed by atoms with Gasteiger partial charge in [-0.25, -0.2) is 0 Å². The van der Waals surface area contributed by atoms with Crippen LogP contribution < -0.4 is 0 Å². The lowest BCUT2D eigenvalue weighted by molar-refractivity contribution is -0.126. The molecule has 0 heterocycles. The Morgan fingerprint density at radius 1 is 1.17 bits per heavy atom. The Labute approximate surface area is 143 Å². The molecular formula is C21H20N2O. The zero-order chi connectivity index (χ0) is 17.4. The minimum Gasteiger partial charge on any atom is -0.331 e. The fraction of sp³-hybridized carbons (Fsp3) is 0.143. The standard InChI is InChI=1S/C21H20N2O/c1-3-14-23(16-20-10-8-19(15-22)9-11-20)21(24)13-12-18-6-4-17(2)5-7-18/h3-13H,1,14,16H2,2H3/b13-12+. The maximum atomic E-state index is 12.4. The van der Waals surface area contributed by atoms with Gasteiger partial charge in [-0.15, -0.1) is 6.58 Å². The van der Waals surface area contributed by atoms with Crippen LogP contribution in [0.5, 0.6) is 0 Å². The van der Waals surface area contributed by atoms with Gasteiger partial charge in [0.15, 0.2) is 0 Å². The number of aryl methyl sites for hydroxylation is 1. The van der Waals surface area contributed by atoms with Gasteiger partial charge in [-0.05, 0) is 36.3 Å². The van der Waals surface area contributed by atoms with Crippen molar-refractivity contribution in [2.75, 3.05) is 6.54 Å². The highest BCUT2D eigenvalue weighted by Gasteiger charge is 2.09. The quantitative estimate of drug-likeness (QED) is 0.595. The third-order valence-corrected chi connectivity index (χ3v) is 3.61. The molecule has 0 aliphatic rings. The van der Waals surface area contributed by atoms with Gasteiger partial charge in [-0.2, -0.15) is 5.26 Å². The zero-order valence-corrected chi connectivity index (χ0v) is 13.8. The Kier molecular flexibility index (Phi) is 6.10. The molecule has 0 aliphatic heterocycles. The highest BCUT2D eigenvalue weighted by atomic mass is 16.2. The molecule has 0 aromatic heterocycles. The summed E-state index contributed by atoms with van der Waals surface area (Å²) in [4.78, 5) is 14.1. The molecule has 3 nitrogen and oxygen atoms in total. The van der Waals surface area contributed by atoms with E-state index in [4.69, 9.17) is 5.26 Å². The average molecular weight is 316 g/mol. The summed E-state index contributed by atoms with van der Waals surface area (Å²) in [7, 11) is 0. The topological polar surface area (TPSA) is 44.1 Å². The maximum absolute atomic E-state index is 12.4. The number of carbonyl (C=O) groups is 1. The second kappa shape index (κ2) is 8.50. The Balaban J connectivity index is 2.07. The van der Waals surface area contributed by atoms with Crippen LogP contribution in [-0.4, -0.2) is 17.4 Å². The molecule has 0 fully saturated rings. The molecule has 0 radical (unpaired) electrons. The number of amides is 1. The molecule has 2 rings (SSSR count). The van der Waals surface area contributed by atoms with E-state index in [1.165, 1.54) is 5.56 Å². The van der Waals surface area contributed by atoms with Crippen molar-refractivity contribution >= 4 is 12.0 Å². The van der Waals surface area contributed by atoms with E-state index < -0.39 is 0 Å². The van der Waals surface area contributed by atoms with E-state index in [1.54, 1.807) is 29.2 Å². The lowest BCUT2D eigenvalue weighted by Crippen LogP contribution is -2.29. The van der Waals surface area contributed by atoms with Crippen LogP contribution in [0, 0.1) is 18.3 Å². The predicted molar refractivity (Wildman–Crippen MR) is 97.0 cm³/mol. The van der Waals surface area contributed by atoms with Crippen LogP contribution in [0.15, 0.2) is 67.3 Å². The summed E-state index contributed by atoms with van der Waals surface area (Å²) in [6.07, 6.45) is 5.11. The summed E-state index contributed by atoms with van der Waals surface area (Å²) in [6.45, 7) is 6.70. The van der Waals surface area contributed by atoms with Crippen molar-refractivity contribution < 1.29 is 4.79 Å². The Morgan fingerprint density at radius 2 is 1.83 bits per heavy atom. The largest absolute Gasteiger partial charge is 0.331 e. The van der Waals surface area contributed by atoms with Crippen molar-refractivity contribution in [2.45, 2.75) is 13.5 Å². The van der Waals surface area contributed by atoms with Gasteiger partial charge >= 0.3 is 0 Å². The van der Waals surface area contributed by atoms with E-state index in [2.05, 4.69) is 12.6 Å². The zero-order valence-electron chi connectivity index (χ0n) is 13.8. The van der Waals surface area contributed by atoms with Crippen molar-refractivity contribution in [2.24, 2.45) is 0 Å². The monoisotopic (exact) mass is 316 g/mol. The number of hydrogen-bond donors (Lipinski definition) is 0. The van der Waals surface area contributed by atoms with Crippen LogP contribution in [0.2, 0.25) is 0 Å².